The summed E-state index contributed by atoms with van der Waals surface area (Å²) in [5, 5.41) is 0. The van der Waals surface area contributed by atoms with E-state index in [-0.39, 0.29) is 77.8 Å². The van der Waals surface area contributed by atoms with E-state index in [1.807, 2.05) is 0 Å². The van der Waals surface area contributed by atoms with Crippen molar-refractivity contribution in [3.8, 4) is 0 Å². The molecule has 7 heteroatoms. The summed E-state index contributed by atoms with van der Waals surface area (Å²) in [6.45, 7) is 0. The van der Waals surface area contributed by atoms with Crippen LogP contribution in [0, 0.1) is 0 Å². The van der Waals surface area contributed by atoms with Crippen molar-refractivity contribution in [1.82, 2.24) is 0 Å². The summed E-state index contributed by atoms with van der Waals surface area (Å²) in [4.78, 5) is 0.148. The summed E-state index contributed by atoms with van der Waals surface area (Å²) in [6, 6.07) is 7.89. The Labute approximate surface area is 131 Å². The van der Waals surface area contributed by atoms with Gasteiger partial charge in [0.2, 0.25) is 0 Å². The molecule has 0 saturated heterocycles. The molecule has 1 rings (SSSR count). The number of hydrogen-bond donors (Lipinski definition) is 0. The van der Waals surface area contributed by atoms with Gasteiger partial charge >= 0.3 is 0 Å². The van der Waals surface area contributed by atoms with E-state index in [0.717, 1.165) is 0 Å². The molecule has 0 bridgehead atoms. The van der Waals surface area contributed by atoms with E-state index in [4.69, 9.17) is 5.87 Å². The molecule has 0 amide bonds. The fourth-order valence-corrected chi connectivity index (χ4v) is 1.15. The Balaban J connectivity index is -0.000000125. The summed E-state index contributed by atoms with van der Waals surface area (Å²) in [5.41, 5.74) is 0. The molecule has 1 aromatic rings. The van der Waals surface area contributed by atoms with Crippen LogP contribution >= 0.6 is 0 Å². The predicted molar refractivity (Wildman–Crippen MR) is 39.7 cm³/mol. The van der Waals surface area contributed by atoms with Gasteiger partial charge in [0.05, 0.1) is 4.90 Å². The van der Waals surface area contributed by atoms with Gasteiger partial charge in [-0.15, -0.1) is 0 Å². The van der Waals surface area contributed by atoms with Crippen LogP contribution in [0.15, 0.2) is 35.2 Å². The molecule has 72 valence electrons. The monoisotopic (exact) mass is 440 g/mol. The molecule has 0 aliphatic heterocycles. The van der Waals surface area contributed by atoms with Crippen LogP contribution in [-0.2, 0) is 48.8 Å². The molecule has 1 atom stereocenters. The first-order valence-corrected chi connectivity index (χ1v) is 4.23. The van der Waals surface area contributed by atoms with Crippen LogP contribution in [0.1, 0.15) is 0 Å². The van der Waals surface area contributed by atoms with Gasteiger partial charge in [0.25, 0.3) is 5.87 Å². The molecule has 2 nitrogen and oxygen atoms in total. The van der Waals surface area contributed by atoms with E-state index >= 15 is 0 Å². The third kappa shape index (κ3) is 8.61. The molecule has 0 heterocycles. The zero-order valence-electron chi connectivity index (χ0n) is 7.36. The number of benzene rings is 1. The minimum atomic E-state index is -3.50. The van der Waals surface area contributed by atoms with Gasteiger partial charge in [-0.05, 0) is 12.1 Å². The topological polar surface area (TPSA) is 40.1 Å². The van der Waals surface area contributed by atoms with Gasteiger partial charge in [-0.2, -0.15) is 0 Å². The first-order valence-electron chi connectivity index (χ1n) is 2.68. The van der Waals surface area contributed by atoms with Crippen molar-refractivity contribution in [3.05, 3.63) is 30.3 Å². The van der Waals surface area contributed by atoms with Crippen LogP contribution in [0.2, 0.25) is 0 Å². The minimum Gasteiger partial charge on any atom is -1.00 e. The van der Waals surface area contributed by atoms with Crippen molar-refractivity contribution in [2.24, 2.45) is 0 Å². The Kier molecular flexibility index (Phi) is 18.9. The van der Waals surface area contributed by atoms with Crippen molar-refractivity contribution in [2.45, 2.75) is 4.90 Å². The molecule has 0 N–H and O–H groups in total. The fraction of sp³-hybridized carbons (Fsp3) is 0. The molecule has 0 aliphatic carbocycles. The maximum Gasteiger partial charge on any atom is 0.260 e. The van der Waals surface area contributed by atoms with Gasteiger partial charge in [0.1, 0.15) is 9.80 Å². The molecule has 0 aromatic heterocycles. The van der Waals surface area contributed by atoms with Crippen molar-refractivity contribution >= 4 is 15.7 Å². The van der Waals surface area contributed by atoms with Crippen LogP contribution in [0.25, 0.3) is 0 Å². The van der Waals surface area contributed by atoms with E-state index in [2.05, 4.69) is 0 Å². The molecular weight excluding hydrogens is 439 g/mol. The summed E-state index contributed by atoms with van der Waals surface area (Å²) in [6.07, 6.45) is 0. The Morgan fingerprint density at radius 1 is 1.07 bits per heavy atom. The largest absolute Gasteiger partial charge is 1.00 e. The molecule has 1 aromatic carbocycles. The molecule has 0 saturated carbocycles. The zero-order chi connectivity index (χ0) is 7.61. The fourth-order valence-electron chi connectivity index (χ4n) is 0.610. The number of halogens is 2. The van der Waals surface area contributed by atoms with Crippen molar-refractivity contribution in [2.75, 3.05) is 0 Å². The molecule has 0 radical (unpaired) electrons. The Morgan fingerprint density at radius 3 is 1.64 bits per heavy atom. The number of rotatable bonds is 1. The maximum atomic E-state index is 10.6. The minimum absolute atomic E-state index is 0. The van der Waals surface area contributed by atoms with E-state index in [9.17, 15) is 8.76 Å². The zero-order valence-corrected chi connectivity index (χ0v) is 17.3. The average Bonchev–Trinajstić information content (AvgIpc) is 1.88. The molecule has 14 heavy (non-hydrogen) atoms. The van der Waals surface area contributed by atoms with Crippen molar-refractivity contribution in [3.63, 3.8) is 0 Å². The third-order valence-electron chi connectivity index (χ3n) is 1.07. The van der Waals surface area contributed by atoms with E-state index in [1.54, 1.807) is 18.2 Å². The molecule has 0 aliphatic rings. The summed E-state index contributed by atoms with van der Waals surface area (Å²) in [5.74, 6) is 4.83. The van der Waals surface area contributed by atoms with Gasteiger partial charge in [-0.25, -0.2) is 4.21 Å². The maximum absolute atomic E-state index is 10.6. The van der Waals surface area contributed by atoms with Gasteiger partial charge < -0.3 is 38.5 Å². The second-order valence-electron chi connectivity index (χ2n) is 1.86. The Morgan fingerprint density at radius 2 is 1.43 bits per heavy atom. The Hall–Kier alpha value is 1.32. The SMILES string of the molecule is [Br-].[Br-].[CH+]=S(=O)([O-])c1ccccc1.[Zn].[Zn]. The smallest absolute Gasteiger partial charge is 0.260 e. The van der Waals surface area contributed by atoms with Gasteiger partial charge in [0, 0.05) is 39.0 Å². The van der Waals surface area contributed by atoms with Crippen LogP contribution in [0.4, 0.5) is 0 Å². The molecule has 0 fully saturated rings. The van der Waals surface area contributed by atoms with Crippen LogP contribution < -0.4 is 34.0 Å². The van der Waals surface area contributed by atoms with Gasteiger partial charge in [0.15, 0.2) is 0 Å². The van der Waals surface area contributed by atoms with E-state index in [1.165, 1.54) is 12.1 Å². The molecule has 0 spiro atoms. The quantitative estimate of drug-likeness (QED) is 0.247. The van der Waals surface area contributed by atoms with Crippen LogP contribution in [-0.4, -0.2) is 14.6 Å². The second-order valence-corrected chi connectivity index (χ2v) is 3.42. The normalized spacial score (nSPS) is 11.4. The molecule has 1 unspecified atom stereocenters. The predicted octanol–water partition coefficient (Wildman–Crippen LogP) is -5.23. The standard InChI is InChI=1S/C7H6O2S.2BrH.2Zn/c1-10(8,9)7-5-3-2-4-6-7;;;;/h1-6H;2*1H;;/p-2. The van der Waals surface area contributed by atoms with Crippen LogP contribution in [0.5, 0.6) is 0 Å². The van der Waals surface area contributed by atoms with Crippen LogP contribution in [0.3, 0.4) is 0 Å². The summed E-state index contributed by atoms with van der Waals surface area (Å²) in [7, 11) is -3.50. The van der Waals surface area contributed by atoms with Gasteiger partial charge in [-0.3, -0.25) is 0 Å². The van der Waals surface area contributed by atoms with Gasteiger partial charge in [-0.1, -0.05) is 18.2 Å². The first-order chi connectivity index (χ1) is 4.61. The molecular formula is C7H6Br2O2SZn2-2. The summed E-state index contributed by atoms with van der Waals surface area (Å²) >= 11 is 0. The first kappa shape index (κ1) is 24.5. The Bertz CT molecular complexity index is 316. The van der Waals surface area contributed by atoms with Crippen molar-refractivity contribution < 1.29 is 81.7 Å². The summed E-state index contributed by atoms with van der Waals surface area (Å²) < 4.78 is 21.2. The number of hydrogen-bond acceptors (Lipinski definition) is 2. The van der Waals surface area contributed by atoms with E-state index < -0.39 is 9.80 Å². The second kappa shape index (κ2) is 10.8. The van der Waals surface area contributed by atoms with Crippen molar-refractivity contribution in [1.29, 1.82) is 0 Å². The third-order valence-corrected chi connectivity index (χ3v) is 2.00. The van der Waals surface area contributed by atoms with E-state index in [0.29, 0.717) is 0 Å². The average molecular weight is 445 g/mol.